The summed E-state index contributed by atoms with van der Waals surface area (Å²) in [5.74, 6) is 0.256. The molecular formula is C17H25ClO3. The van der Waals surface area contributed by atoms with E-state index in [1.165, 1.54) is 19.3 Å². The molecule has 0 aliphatic carbocycles. The van der Waals surface area contributed by atoms with E-state index in [2.05, 4.69) is 6.92 Å². The molecule has 3 nitrogen and oxygen atoms in total. The van der Waals surface area contributed by atoms with Gasteiger partial charge in [-0.3, -0.25) is 0 Å². The summed E-state index contributed by atoms with van der Waals surface area (Å²) in [6.07, 6.45) is 6.02. The SMILES string of the molecule is CCCCCC[C@@H](C)Oc1ccc(C(=O)OCC)cc1Cl. The van der Waals surface area contributed by atoms with Crippen LogP contribution in [-0.4, -0.2) is 18.7 Å². The predicted octanol–water partition coefficient (Wildman–Crippen LogP) is 5.25. The Morgan fingerprint density at radius 2 is 2.00 bits per heavy atom. The minimum atomic E-state index is -0.362. The van der Waals surface area contributed by atoms with Gasteiger partial charge in [0.1, 0.15) is 5.75 Å². The van der Waals surface area contributed by atoms with Gasteiger partial charge in [0, 0.05) is 0 Å². The normalized spacial score (nSPS) is 12.0. The Balaban J connectivity index is 2.54. The van der Waals surface area contributed by atoms with Crippen LogP contribution in [0.4, 0.5) is 0 Å². The summed E-state index contributed by atoms with van der Waals surface area (Å²) >= 11 is 6.17. The molecule has 0 spiro atoms. The number of rotatable bonds is 9. The van der Waals surface area contributed by atoms with Crippen LogP contribution in [0.25, 0.3) is 0 Å². The summed E-state index contributed by atoms with van der Waals surface area (Å²) in [6.45, 7) is 6.37. The van der Waals surface area contributed by atoms with Crippen LogP contribution in [0, 0.1) is 0 Å². The van der Waals surface area contributed by atoms with Gasteiger partial charge in [0.2, 0.25) is 0 Å². The number of hydrogen-bond acceptors (Lipinski definition) is 3. The molecule has 4 heteroatoms. The molecule has 0 unspecified atom stereocenters. The molecule has 0 aromatic heterocycles. The highest BCUT2D eigenvalue weighted by atomic mass is 35.5. The molecule has 0 amide bonds. The smallest absolute Gasteiger partial charge is 0.338 e. The van der Waals surface area contributed by atoms with E-state index < -0.39 is 0 Å². The third-order valence-corrected chi connectivity index (χ3v) is 3.53. The van der Waals surface area contributed by atoms with Crippen LogP contribution in [0.1, 0.15) is 63.2 Å². The number of benzene rings is 1. The van der Waals surface area contributed by atoms with Gasteiger partial charge in [-0.1, -0.05) is 37.8 Å². The number of carbonyl (C=O) groups excluding carboxylic acids is 1. The Morgan fingerprint density at radius 3 is 2.62 bits per heavy atom. The minimum absolute atomic E-state index is 0.118. The fourth-order valence-corrected chi connectivity index (χ4v) is 2.30. The highest BCUT2D eigenvalue weighted by Crippen LogP contribution is 2.27. The zero-order valence-electron chi connectivity index (χ0n) is 13.2. The number of ether oxygens (including phenoxy) is 2. The molecule has 0 N–H and O–H groups in total. The molecule has 0 heterocycles. The highest BCUT2D eigenvalue weighted by Gasteiger charge is 2.12. The Labute approximate surface area is 132 Å². The molecule has 118 valence electrons. The van der Waals surface area contributed by atoms with Crippen LogP contribution in [0.5, 0.6) is 5.75 Å². The molecular weight excluding hydrogens is 288 g/mol. The van der Waals surface area contributed by atoms with Crippen molar-refractivity contribution < 1.29 is 14.3 Å². The summed E-state index contributed by atoms with van der Waals surface area (Å²) in [5.41, 5.74) is 0.449. The van der Waals surface area contributed by atoms with Crippen molar-refractivity contribution in [2.24, 2.45) is 0 Å². The van der Waals surface area contributed by atoms with E-state index in [0.717, 1.165) is 12.8 Å². The standard InChI is InChI=1S/C17H25ClO3/c1-4-6-7-8-9-13(3)21-16-11-10-14(12-15(16)18)17(19)20-5-2/h10-13H,4-9H2,1-3H3/t13-/m1/s1. The van der Waals surface area contributed by atoms with E-state index in [-0.39, 0.29) is 12.1 Å². The van der Waals surface area contributed by atoms with Gasteiger partial charge in [-0.05, 0) is 44.9 Å². The van der Waals surface area contributed by atoms with Crippen LogP contribution >= 0.6 is 11.6 Å². The summed E-state index contributed by atoms with van der Waals surface area (Å²) in [6, 6.07) is 5.01. The Kier molecular flexibility index (Phi) is 8.21. The molecule has 0 saturated carbocycles. The number of esters is 1. The summed E-state index contributed by atoms with van der Waals surface area (Å²) in [4.78, 5) is 11.6. The molecule has 0 aliphatic heterocycles. The lowest BCUT2D eigenvalue weighted by atomic mass is 10.1. The van der Waals surface area contributed by atoms with Gasteiger partial charge in [0.15, 0.2) is 0 Å². The molecule has 0 fully saturated rings. The molecule has 0 aliphatic rings. The van der Waals surface area contributed by atoms with Crippen LogP contribution in [0.15, 0.2) is 18.2 Å². The van der Waals surface area contributed by atoms with Crippen molar-refractivity contribution in [2.75, 3.05) is 6.61 Å². The second-order valence-corrected chi connectivity index (χ2v) is 5.55. The average molecular weight is 313 g/mol. The highest BCUT2D eigenvalue weighted by molar-refractivity contribution is 6.32. The maximum atomic E-state index is 11.6. The van der Waals surface area contributed by atoms with Gasteiger partial charge in [0.05, 0.1) is 23.3 Å². The fraction of sp³-hybridized carbons (Fsp3) is 0.588. The number of carbonyl (C=O) groups is 1. The van der Waals surface area contributed by atoms with Crippen molar-refractivity contribution in [1.29, 1.82) is 0 Å². The van der Waals surface area contributed by atoms with E-state index in [9.17, 15) is 4.79 Å². The molecule has 1 aromatic carbocycles. The first-order valence-electron chi connectivity index (χ1n) is 7.71. The Hall–Kier alpha value is -1.22. The molecule has 1 aromatic rings. The van der Waals surface area contributed by atoms with Crippen molar-refractivity contribution in [3.8, 4) is 5.75 Å². The molecule has 1 rings (SSSR count). The number of unbranched alkanes of at least 4 members (excludes halogenated alkanes) is 3. The van der Waals surface area contributed by atoms with Crippen molar-refractivity contribution >= 4 is 17.6 Å². The van der Waals surface area contributed by atoms with Crippen LogP contribution < -0.4 is 4.74 Å². The van der Waals surface area contributed by atoms with Gasteiger partial charge in [-0.2, -0.15) is 0 Å². The second kappa shape index (κ2) is 9.67. The first-order valence-corrected chi connectivity index (χ1v) is 8.09. The van der Waals surface area contributed by atoms with Crippen LogP contribution in [0.2, 0.25) is 5.02 Å². The predicted molar refractivity (Wildman–Crippen MR) is 86.3 cm³/mol. The van der Waals surface area contributed by atoms with Crippen LogP contribution in [0.3, 0.4) is 0 Å². The van der Waals surface area contributed by atoms with Gasteiger partial charge in [-0.15, -0.1) is 0 Å². The van der Waals surface area contributed by atoms with E-state index in [1.807, 2.05) is 6.92 Å². The monoisotopic (exact) mass is 312 g/mol. The van der Waals surface area contributed by atoms with E-state index in [1.54, 1.807) is 25.1 Å². The van der Waals surface area contributed by atoms with Crippen molar-refractivity contribution in [2.45, 2.75) is 59.0 Å². The zero-order valence-corrected chi connectivity index (χ0v) is 13.9. The lowest BCUT2D eigenvalue weighted by molar-refractivity contribution is 0.0526. The number of hydrogen-bond donors (Lipinski definition) is 0. The lowest BCUT2D eigenvalue weighted by Gasteiger charge is -2.16. The van der Waals surface area contributed by atoms with E-state index in [4.69, 9.17) is 21.1 Å². The summed E-state index contributed by atoms with van der Waals surface area (Å²) in [7, 11) is 0. The summed E-state index contributed by atoms with van der Waals surface area (Å²) < 4.78 is 10.8. The van der Waals surface area contributed by atoms with Gasteiger partial charge in [-0.25, -0.2) is 4.79 Å². The molecule has 0 bridgehead atoms. The van der Waals surface area contributed by atoms with Crippen LogP contribution in [-0.2, 0) is 4.74 Å². The fourth-order valence-electron chi connectivity index (χ4n) is 2.07. The largest absolute Gasteiger partial charge is 0.489 e. The minimum Gasteiger partial charge on any atom is -0.489 e. The zero-order chi connectivity index (χ0) is 15.7. The number of halogens is 1. The van der Waals surface area contributed by atoms with Crippen molar-refractivity contribution in [3.05, 3.63) is 28.8 Å². The first kappa shape index (κ1) is 17.8. The quantitative estimate of drug-likeness (QED) is 0.461. The Morgan fingerprint density at radius 1 is 1.24 bits per heavy atom. The van der Waals surface area contributed by atoms with Gasteiger partial charge < -0.3 is 9.47 Å². The lowest BCUT2D eigenvalue weighted by Crippen LogP contribution is -2.12. The van der Waals surface area contributed by atoms with Gasteiger partial charge >= 0.3 is 5.97 Å². The van der Waals surface area contributed by atoms with Crippen molar-refractivity contribution in [3.63, 3.8) is 0 Å². The second-order valence-electron chi connectivity index (χ2n) is 5.14. The van der Waals surface area contributed by atoms with Gasteiger partial charge in [0.25, 0.3) is 0 Å². The first-order chi connectivity index (χ1) is 10.1. The van der Waals surface area contributed by atoms with E-state index in [0.29, 0.717) is 22.9 Å². The summed E-state index contributed by atoms with van der Waals surface area (Å²) in [5, 5.41) is 0.445. The maximum absolute atomic E-state index is 11.6. The topological polar surface area (TPSA) is 35.5 Å². The third kappa shape index (κ3) is 6.38. The average Bonchev–Trinajstić information content (AvgIpc) is 2.46. The maximum Gasteiger partial charge on any atom is 0.338 e. The molecule has 1 atom stereocenters. The molecule has 21 heavy (non-hydrogen) atoms. The Bertz CT molecular complexity index is 446. The van der Waals surface area contributed by atoms with E-state index >= 15 is 0 Å². The molecule has 0 radical (unpaired) electrons. The molecule has 0 saturated heterocycles. The third-order valence-electron chi connectivity index (χ3n) is 3.24. The van der Waals surface area contributed by atoms with Crippen molar-refractivity contribution in [1.82, 2.24) is 0 Å².